The van der Waals surface area contributed by atoms with Crippen molar-refractivity contribution < 1.29 is 18.0 Å². The van der Waals surface area contributed by atoms with Gasteiger partial charge in [-0.2, -0.15) is 18.3 Å². The smallest absolute Gasteiger partial charge is 0.329 e. The Balaban J connectivity index is 1.79. The molecule has 3 rings (SSSR count). The predicted molar refractivity (Wildman–Crippen MR) is 66.8 cm³/mol. The zero-order valence-electron chi connectivity index (χ0n) is 11.1. The number of pyridine rings is 1. The molecule has 0 bridgehead atoms. The maximum Gasteiger partial charge on any atom is 0.433 e. The first-order valence-corrected chi connectivity index (χ1v) is 6.33. The van der Waals surface area contributed by atoms with Gasteiger partial charge in [0.05, 0.1) is 12.1 Å². The monoisotopic (exact) mass is 313 g/mol. The first-order chi connectivity index (χ1) is 10.4. The van der Waals surface area contributed by atoms with E-state index in [4.69, 9.17) is 0 Å². The van der Waals surface area contributed by atoms with Crippen LogP contribution in [0.1, 0.15) is 21.9 Å². The van der Waals surface area contributed by atoms with E-state index < -0.39 is 17.8 Å². The molecule has 0 spiro atoms. The third-order valence-electron chi connectivity index (χ3n) is 3.35. The second-order valence-corrected chi connectivity index (χ2v) is 4.75. The van der Waals surface area contributed by atoms with Gasteiger partial charge in [0.25, 0.3) is 5.91 Å². The van der Waals surface area contributed by atoms with E-state index in [1.807, 2.05) is 0 Å². The lowest BCUT2D eigenvalue weighted by molar-refractivity contribution is -0.141. The van der Waals surface area contributed by atoms with Gasteiger partial charge in [-0.15, -0.1) is 0 Å². The molecule has 1 N–H and O–H groups in total. The molecule has 2 aromatic heterocycles. The zero-order valence-corrected chi connectivity index (χ0v) is 11.1. The number of hydrogen-bond acceptors (Lipinski definition) is 4. The van der Waals surface area contributed by atoms with Crippen molar-refractivity contribution in [3.63, 3.8) is 0 Å². The molecule has 1 aliphatic rings. The summed E-state index contributed by atoms with van der Waals surface area (Å²) < 4.78 is 38.7. The summed E-state index contributed by atoms with van der Waals surface area (Å²) >= 11 is 0. The van der Waals surface area contributed by atoms with Gasteiger partial charge < -0.3 is 4.90 Å². The summed E-state index contributed by atoms with van der Waals surface area (Å²) in [5.41, 5.74) is -1.35. The summed E-state index contributed by atoms with van der Waals surface area (Å²) in [6.45, 7) is 0.662. The Morgan fingerprint density at radius 3 is 2.68 bits per heavy atom. The Morgan fingerprint density at radius 1 is 1.27 bits per heavy atom. The van der Waals surface area contributed by atoms with Crippen LogP contribution < -0.4 is 5.69 Å². The van der Waals surface area contributed by atoms with E-state index >= 15 is 0 Å². The minimum Gasteiger partial charge on any atom is -0.329 e. The van der Waals surface area contributed by atoms with Crippen molar-refractivity contribution in [1.29, 1.82) is 0 Å². The standard InChI is InChI=1S/C12H10F3N5O2/c13-12(14,15)8-2-1-7(5-16-8)10(21)19-3-4-20-9(6-19)17-18-11(20)22/h1-2,5H,3-4,6H2,(H,18,22). The van der Waals surface area contributed by atoms with Gasteiger partial charge in [-0.05, 0) is 12.1 Å². The largest absolute Gasteiger partial charge is 0.433 e. The molecule has 0 radical (unpaired) electrons. The number of aromatic amines is 1. The van der Waals surface area contributed by atoms with Crippen LogP contribution in [0.25, 0.3) is 0 Å². The van der Waals surface area contributed by atoms with Crippen molar-refractivity contribution >= 4 is 5.91 Å². The van der Waals surface area contributed by atoms with Crippen LogP contribution in [-0.4, -0.2) is 37.1 Å². The second kappa shape index (κ2) is 4.97. The molecule has 0 saturated heterocycles. The Labute approximate surface area is 121 Å². The highest BCUT2D eigenvalue weighted by Crippen LogP contribution is 2.27. The van der Waals surface area contributed by atoms with Crippen LogP contribution >= 0.6 is 0 Å². The molecule has 1 amide bonds. The predicted octanol–water partition coefficient (Wildman–Crippen LogP) is 0.641. The SMILES string of the molecule is O=C(c1ccc(C(F)(F)F)nc1)N1CCn2c(n[nH]c2=O)C1. The van der Waals surface area contributed by atoms with Crippen LogP contribution in [0.15, 0.2) is 23.1 Å². The number of nitrogens with one attached hydrogen (secondary N) is 1. The Kier molecular flexibility index (Phi) is 3.23. The summed E-state index contributed by atoms with van der Waals surface area (Å²) in [6.07, 6.45) is -3.64. The molecule has 0 aliphatic carbocycles. The molecule has 7 nitrogen and oxygen atoms in total. The van der Waals surface area contributed by atoms with Gasteiger partial charge in [-0.25, -0.2) is 9.89 Å². The number of carbonyl (C=O) groups is 1. The van der Waals surface area contributed by atoms with Crippen LogP contribution in [0.3, 0.4) is 0 Å². The minimum atomic E-state index is -4.54. The van der Waals surface area contributed by atoms with E-state index in [0.29, 0.717) is 5.82 Å². The van der Waals surface area contributed by atoms with E-state index in [2.05, 4.69) is 15.2 Å². The highest BCUT2D eigenvalue weighted by molar-refractivity contribution is 5.93. The number of hydrogen-bond donors (Lipinski definition) is 1. The van der Waals surface area contributed by atoms with E-state index in [1.165, 1.54) is 9.47 Å². The van der Waals surface area contributed by atoms with E-state index in [9.17, 15) is 22.8 Å². The summed E-state index contributed by atoms with van der Waals surface area (Å²) in [5.74, 6) is -0.0487. The number of amides is 1. The third kappa shape index (κ3) is 2.47. The van der Waals surface area contributed by atoms with Crippen molar-refractivity contribution in [2.24, 2.45) is 0 Å². The van der Waals surface area contributed by atoms with Gasteiger partial charge in [0, 0.05) is 19.3 Å². The number of alkyl halides is 3. The second-order valence-electron chi connectivity index (χ2n) is 4.75. The Morgan fingerprint density at radius 2 is 2.05 bits per heavy atom. The topological polar surface area (TPSA) is 83.9 Å². The van der Waals surface area contributed by atoms with Crippen LogP contribution in [0.4, 0.5) is 13.2 Å². The summed E-state index contributed by atoms with van der Waals surface area (Å²) in [4.78, 5) is 28.3. The number of halogens is 3. The number of fused-ring (bicyclic) bond motifs is 1. The van der Waals surface area contributed by atoms with Gasteiger partial charge in [0.1, 0.15) is 5.69 Å². The minimum absolute atomic E-state index is 0.0549. The average molecular weight is 313 g/mol. The first-order valence-electron chi connectivity index (χ1n) is 6.33. The fraction of sp³-hybridized carbons (Fsp3) is 0.333. The van der Waals surface area contributed by atoms with E-state index in [-0.39, 0.29) is 30.9 Å². The van der Waals surface area contributed by atoms with Gasteiger partial charge in [-0.3, -0.25) is 14.3 Å². The zero-order chi connectivity index (χ0) is 15.9. The normalized spacial score (nSPS) is 14.8. The molecule has 2 aromatic rings. The van der Waals surface area contributed by atoms with Crippen molar-refractivity contribution in [3.8, 4) is 0 Å². The Hall–Kier alpha value is -2.65. The average Bonchev–Trinajstić information content (AvgIpc) is 2.87. The molecule has 0 fully saturated rings. The number of carbonyl (C=O) groups excluding carboxylic acids is 1. The van der Waals surface area contributed by atoms with Crippen LogP contribution in [0, 0.1) is 0 Å². The first kappa shape index (κ1) is 14.3. The molecular weight excluding hydrogens is 303 g/mol. The fourth-order valence-corrected chi connectivity index (χ4v) is 2.22. The summed E-state index contributed by atoms with van der Waals surface area (Å²) in [5, 5.41) is 6.08. The summed E-state index contributed by atoms with van der Waals surface area (Å²) in [6, 6.07) is 1.85. The van der Waals surface area contributed by atoms with Gasteiger partial charge in [0.15, 0.2) is 5.82 Å². The molecule has 0 saturated carbocycles. The molecule has 0 atom stereocenters. The highest BCUT2D eigenvalue weighted by Gasteiger charge is 2.32. The molecule has 22 heavy (non-hydrogen) atoms. The maximum absolute atomic E-state index is 12.4. The number of nitrogens with zero attached hydrogens (tertiary/aromatic N) is 4. The molecule has 0 aromatic carbocycles. The molecule has 1 aliphatic heterocycles. The Bertz CT molecular complexity index is 762. The lowest BCUT2D eigenvalue weighted by Gasteiger charge is -2.26. The third-order valence-corrected chi connectivity index (χ3v) is 3.35. The van der Waals surface area contributed by atoms with Crippen molar-refractivity contribution in [2.75, 3.05) is 6.54 Å². The van der Waals surface area contributed by atoms with Crippen LogP contribution in [0.2, 0.25) is 0 Å². The van der Waals surface area contributed by atoms with Crippen molar-refractivity contribution in [3.05, 3.63) is 45.9 Å². The molecule has 3 heterocycles. The van der Waals surface area contributed by atoms with Crippen molar-refractivity contribution in [1.82, 2.24) is 24.6 Å². The van der Waals surface area contributed by atoms with Crippen molar-refractivity contribution in [2.45, 2.75) is 19.3 Å². The lowest BCUT2D eigenvalue weighted by atomic mass is 10.2. The molecule has 0 unspecified atom stereocenters. The quantitative estimate of drug-likeness (QED) is 0.837. The number of aromatic nitrogens is 4. The van der Waals surface area contributed by atoms with E-state index in [0.717, 1.165) is 18.3 Å². The molecular formula is C12H10F3N5O2. The van der Waals surface area contributed by atoms with E-state index in [1.54, 1.807) is 0 Å². The highest BCUT2D eigenvalue weighted by atomic mass is 19.4. The van der Waals surface area contributed by atoms with Crippen LogP contribution in [-0.2, 0) is 19.3 Å². The molecule has 10 heteroatoms. The fourth-order valence-electron chi connectivity index (χ4n) is 2.22. The number of rotatable bonds is 1. The number of H-pyrrole nitrogens is 1. The maximum atomic E-state index is 12.4. The van der Waals surface area contributed by atoms with Gasteiger partial charge in [-0.1, -0.05) is 0 Å². The lowest BCUT2D eigenvalue weighted by Crippen LogP contribution is -2.40. The molecule has 116 valence electrons. The van der Waals surface area contributed by atoms with Gasteiger partial charge in [0.2, 0.25) is 0 Å². The summed E-state index contributed by atoms with van der Waals surface area (Å²) in [7, 11) is 0. The van der Waals surface area contributed by atoms with Crippen LogP contribution in [0.5, 0.6) is 0 Å². The van der Waals surface area contributed by atoms with Gasteiger partial charge >= 0.3 is 11.9 Å².